The minimum atomic E-state index is -3.56. The Hall–Kier alpha value is -2.54. The molecule has 4 rings (SSSR count). The Morgan fingerprint density at radius 2 is 1.85 bits per heavy atom. The van der Waals surface area contributed by atoms with Crippen LogP contribution in [0.5, 0.6) is 0 Å². The number of anilines is 1. The first kappa shape index (κ1) is 23.6. The number of piperazine rings is 1. The summed E-state index contributed by atoms with van der Waals surface area (Å²) in [5, 5.41) is 15.1. The molecule has 33 heavy (non-hydrogen) atoms. The predicted molar refractivity (Wildman–Crippen MR) is 122 cm³/mol. The van der Waals surface area contributed by atoms with Crippen molar-refractivity contribution in [3.05, 3.63) is 61.4 Å². The van der Waals surface area contributed by atoms with Gasteiger partial charge in [-0.05, 0) is 29.7 Å². The Bertz CT molecular complexity index is 1180. The number of nitrogens with zero attached hydrogens (tertiary/aromatic N) is 5. The van der Waals surface area contributed by atoms with Crippen LogP contribution in [0.2, 0.25) is 5.02 Å². The average Bonchev–Trinajstić information content (AvgIpc) is 2.80. The Labute approximate surface area is 195 Å². The number of hydrogen-bond donors (Lipinski definition) is 0. The molecule has 1 aromatic heterocycles. The van der Waals surface area contributed by atoms with Gasteiger partial charge < -0.3 is 19.8 Å². The monoisotopic (exact) mass is 497 g/mol. The fourth-order valence-corrected chi connectivity index (χ4v) is 5.89. The maximum Gasteiger partial charge on any atom is 0.409 e. The van der Waals surface area contributed by atoms with E-state index in [2.05, 4.69) is 5.10 Å². The lowest BCUT2D eigenvalue weighted by molar-refractivity contribution is -0.390. The molecule has 2 aromatic rings. The van der Waals surface area contributed by atoms with Crippen LogP contribution in [-0.2, 0) is 20.5 Å². The fraction of sp³-hybridized carbons (Fsp3) is 0.500. The normalized spacial score (nSPS) is 20.0. The summed E-state index contributed by atoms with van der Waals surface area (Å²) < 4.78 is 33.6. The highest BCUT2D eigenvalue weighted by molar-refractivity contribution is 7.88. The quantitative estimate of drug-likeness (QED) is 0.438. The van der Waals surface area contributed by atoms with E-state index in [4.69, 9.17) is 16.3 Å². The molecule has 178 valence electrons. The van der Waals surface area contributed by atoms with Crippen molar-refractivity contribution in [2.45, 2.75) is 31.2 Å². The third-order valence-electron chi connectivity index (χ3n) is 5.76. The predicted octanol–water partition coefficient (Wildman–Crippen LogP) is 2.16. The molecule has 1 aromatic carbocycles. The van der Waals surface area contributed by atoms with Crippen LogP contribution in [0.3, 0.4) is 0 Å². The zero-order chi connectivity index (χ0) is 23.6. The topological polar surface area (TPSA) is 128 Å². The van der Waals surface area contributed by atoms with Gasteiger partial charge in [-0.3, -0.25) is 4.79 Å². The molecular weight excluding hydrogens is 474 g/mol. The summed E-state index contributed by atoms with van der Waals surface area (Å²) in [6.45, 7) is 1.01. The van der Waals surface area contributed by atoms with Crippen molar-refractivity contribution in [2.24, 2.45) is 0 Å². The molecule has 0 amide bonds. The Kier molecular flexibility index (Phi) is 6.98. The SMILES string of the molecule is O=c1c(N2CCN(S(=O)(=O)Cc3ccccc3)CC2)c(Cl)c([N+](=O)[O-])nn1C1CCCCO1. The summed E-state index contributed by atoms with van der Waals surface area (Å²) in [5.41, 5.74) is 0.0499. The molecule has 13 heteroatoms. The van der Waals surface area contributed by atoms with Crippen molar-refractivity contribution in [1.29, 1.82) is 0 Å². The summed E-state index contributed by atoms with van der Waals surface area (Å²) in [6, 6.07) is 8.88. The first-order chi connectivity index (χ1) is 15.8. The van der Waals surface area contributed by atoms with Gasteiger partial charge in [0.05, 0.1) is 10.9 Å². The van der Waals surface area contributed by atoms with Crippen molar-refractivity contribution in [3.8, 4) is 0 Å². The van der Waals surface area contributed by atoms with Crippen LogP contribution < -0.4 is 10.5 Å². The second-order valence-corrected chi connectivity index (χ2v) is 10.3. The Balaban J connectivity index is 1.58. The molecule has 0 bridgehead atoms. The van der Waals surface area contributed by atoms with Crippen LogP contribution in [0.1, 0.15) is 31.1 Å². The van der Waals surface area contributed by atoms with E-state index >= 15 is 0 Å². The van der Waals surface area contributed by atoms with Gasteiger partial charge in [0.2, 0.25) is 10.0 Å². The summed E-state index contributed by atoms with van der Waals surface area (Å²) in [5.74, 6) is -0.749. The largest absolute Gasteiger partial charge is 0.409 e. The number of ether oxygens (including phenoxy) is 1. The zero-order valence-electron chi connectivity index (χ0n) is 17.8. The highest BCUT2D eigenvalue weighted by atomic mass is 35.5. The number of aromatic nitrogens is 2. The van der Waals surface area contributed by atoms with Crippen LogP contribution in [0.4, 0.5) is 11.5 Å². The summed E-state index contributed by atoms with van der Waals surface area (Å²) >= 11 is 6.26. The third kappa shape index (κ3) is 5.03. The van der Waals surface area contributed by atoms with E-state index in [0.717, 1.165) is 17.5 Å². The maximum absolute atomic E-state index is 13.2. The number of sulfonamides is 1. The van der Waals surface area contributed by atoms with Gasteiger partial charge in [-0.1, -0.05) is 41.9 Å². The summed E-state index contributed by atoms with van der Waals surface area (Å²) in [7, 11) is -3.56. The Morgan fingerprint density at radius 3 is 2.45 bits per heavy atom. The zero-order valence-corrected chi connectivity index (χ0v) is 19.4. The van der Waals surface area contributed by atoms with Crippen molar-refractivity contribution in [3.63, 3.8) is 0 Å². The van der Waals surface area contributed by atoms with Gasteiger partial charge >= 0.3 is 11.4 Å². The first-order valence-corrected chi connectivity index (χ1v) is 12.6. The van der Waals surface area contributed by atoms with Gasteiger partial charge in [-0.2, -0.15) is 4.31 Å². The molecule has 2 fully saturated rings. The van der Waals surface area contributed by atoms with E-state index in [0.29, 0.717) is 18.6 Å². The first-order valence-electron chi connectivity index (χ1n) is 10.6. The number of nitro groups is 1. The standard InChI is InChI=1S/C20H24ClN5O6S/c21-17-18(20(27)25(22-19(17)26(28)29)16-8-4-5-13-32-16)23-9-11-24(12-10-23)33(30,31)14-15-6-2-1-3-7-15/h1-3,6-7,16H,4-5,8-14H2. The molecule has 3 heterocycles. The van der Waals surface area contributed by atoms with Gasteiger partial charge in [0.15, 0.2) is 11.3 Å². The van der Waals surface area contributed by atoms with Crippen LogP contribution in [0.15, 0.2) is 35.1 Å². The van der Waals surface area contributed by atoms with E-state index in [1.54, 1.807) is 29.2 Å². The van der Waals surface area contributed by atoms with Gasteiger partial charge in [-0.25, -0.2) is 8.42 Å². The minimum Gasteiger partial charge on any atom is -0.363 e. The highest BCUT2D eigenvalue weighted by Gasteiger charge is 2.35. The van der Waals surface area contributed by atoms with E-state index in [-0.39, 0.29) is 42.6 Å². The Morgan fingerprint density at radius 1 is 1.15 bits per heavy atom. The van der Waals surface area contributed by atoms with Crippen molar-refractivity contribution in [1.82, 2.24) is 14.1 Å². The lowest BCUT2D eigenvalue weighted by atomic mass is 10.2. The number of halogens is 1. The molecule has 0 saturated carbocycles. The van der Waals surface area contributed by atoms with Crippen molar-refractivity contribution >= 4 is 33.1 Å². The van der Waals surface area contributed by atoms with E-state index < -0.39 is 32.6 Å². The van der Waals surface area contributed by atoms with Crippen LogP contribution in [-0.4, -0.2) is 60.2 Å². The smallest absolute Gasteiger partial charge is 0.363 e. The molecule has 2 aliphatic heterocycles. The minimum absolute atomic E-state index is 0.0485. The van der Waals surface area contributed by atoms with E-state index in [9.17, 15) is 23.3 Å². The summed E-state index contributed by atoms with van der Waals surface area (Å²) in [4.78, 5) is 25.6. The number of rotatable bonds is 6. The molecule has 0 spiro atoms. The lowest BCUT2D eigenvalue weighted by Gasteiger charge is -2.35. The van der Waals surface area contributed by atoms with Gasteiger partial charge in [0, 0.05) is 32.8 Å². The molecule has 2 saturated heterocycles. The van der Waals surface area contributed by atoms with Gasteiger partial charge in [-0.15, -0.1) is 4.68 Å². The van der Waals surface area contributed by atoms with Gasteiger partial charge in [0.1, 0.15) is 5.69 Å². The third-order valence-corrected chi connectivity index (χ3v) is 7.96. The number of benzene rings is 1. The molecule has 0 aliphatic carbocycles. The lowest BCUT2D eigenvalue weighted by Crippen LogP contribution is -2.51. The molecule has 1 unspecified atom stereocenters. The van der Waals surface area contributed by atoms with Crippen LogP contribution in [0.25, 0.3) is 0 Å². The molecular formula is C20H24ClN5O6S. The van der Waals surface area contributed by atoms with Gasteiger partial charge in [0.25, 0.3) is 0 Å². The van der Waals surface area contributed by atoms with Crippen molar-refractivity contribution in [2.75, 3.05) is 37.7 Å². The molecule has 2 aliphatic rings. The second-order valence-electron chi connectivity index (χ2n) is 7.94. The maximum atomic E-state index is 13.2. The average molecular weight is 498 g/mol. The molecule has 0 N–H and O–H groups in total. The molecule has 1 atom stereocenters. The van der Waals surface area contributed by atoms with Crippen molar-refractivity contribution < 1.29 is 18.1 Å². The molecule has 0 radical (unpaired) electrons. The van der Waals surface area contributed by atoms with E-state index in [1.165, 1.54) is 4.31 Å². The fourth-order valence-electron chi connectivity index (χ4n) is 4.07. The second kappa shape index (κ2) is 9.75. The van der Waals surface area contributed by atoms with E-state index in [1.807, 2.05) is 6.07 Å². The highest BCUT2D eigenvalue weighted by Crippen LogP contribution is 2.32. The summed E-state index contributed by atoms with van der Waals surface area (Å²) in [6.07, 6.45) is 1.46. The number of hydrogen-bond acceptors (Lipinski definition) is 8. The molecule has 11 nitrogen and oxygen atoms in total. The van der Waals surface area contributed by atoms with Crippen LogP contribution in [0, 0.1) is 10.1 Å². The van der Waals surface area contributed by atoms with Crippen LogP contribution >= 0.6 is 11.6 Å².